The molecule has 3 rings (SSSR count). The van der Waals surface area contributed by atoms with Crippen LogP contribution < -0.4 is 5.32 Å². The minimum atomic E-state index is -0.535. The lowest BCUT2D eigenvalue weighted by Gasteiger charge is -2.34. The average Bonchev–Trinajstić information content (AvgIpc) is 2.74. The van der Waals surface area contributed by atoms with Gasteiger partial charge in [0, 0.05) is 32.7 Å². The SMILES string of the molecule is Cc1ccc(CN2CCN(C[C@@H](C)C(=O)NCc3ccccc3C)C(=O)C2=O)cc1. The molecule has 3 amide bonds. The van der Waals surface area contributed by atoms with E-state index in [2.05, 4.69) is 5.32 Å². The van der Waals surface area contributed by atoms with Crippen molar-refractivity contribution in [2.24, 2.45) is 5.92 Å². The van der Waals surface area contributed by atoms with Gasteiger partial charge in [0.2, 0.25) is 5.91 Å². The number of benzene rings is 2. The Bertz CT molecular complexity index is 924. The van der Waals surface area contributed by atoms with Gasteiger partial charge >= 0.3 is 11.8 Å². The number of piperazine rings is 1. The zero-order valence-corrected chi connectivity index (χ0v) is 17.9. The second kappa shape index (κ2) is 9.57. The van der Waals surface area contributed by atoms with Crippen LogP contribution in [0.15, 0.2) is 48.5 Å². The van der Waals surface area contributed by atoms with Crippen LogP contribution >= 0.6 is 0 Å². The van der Waals surface area contributed by atoms with Crippen LogP contribution in [0.25, 0.3) is 0 Å². The molecule has 1 saturated heterocycles. The van der Waals surface area contributed by atoms with Crippen LogP contribution in [0.5, 0.6) is 0 Å². The zero-order chi connectivity index (χ0) is 21.7. The van der Waals surface area contributed by atoms with Crippen molar-refractivity contribution >= 4 is 17.7 Å². The maximum absolute atomic E-state index is 12.6. The maximum atomic E-state index is 12.6. The van der Waals surface area contributed by atoms with E-state index < -0.39 is 17.7 Å². The molecule has 0 bridgehead atoms. The van der Waals surface area contributed by atoms with Crippen molar-refractivity contribution in [2.45, 2.75) is 33.9 Å². The molecule has 0 aliphatic carbocycles. The van der Waals surface area contributed by atoms with Crippen LogP contribution in [0, 0.1) is 19.8 Å². The van der Waals surface area contributed by atoms with Crippen molar-refractivity contribution in [3.63, 3.8) is 0 Å². The van der Waals surface area contributed by atoms with E-state index in [1.165, 1.54) is 4.90 Å². The second-order valence-electron chi connectivity index (χ2n) is 8.01. The third kappa shape index (κ3) is 5.26. The monoisotopic (exact) mass is 407 g/mol. The summed E-state index contributed by atoms with van der Waals surface area (Å²) >= 11 is 0. The van der Waals surface area contributed by atoms with Gasteiger partial charge in [-0.2, -0.15) is 0 Å². The van der Waals surface area contributed by atoms with Crippen molar-refractivity contribution in [3.05, 3.63) is 70.8 Å². The highest BCUT2D eigenvalue weighted by atomic mass is 16.2. The third-order valence-electron chi connectivity index (χ3n) is 5.55. The number of aryl methyl sites for hydroxylation is 2. The summed E-state index contributed by atoms with van der Waals surface area (Å²) in [4.78, 5) is 40.7. The third-order valence-corrected chi connectivity index (χ3v) is 5.55. The molecule has 30 heavy (non-hydrogen) atoms. The lowest BCUT2D eigenvalue weighted by atomic mass is 10.1. The predicted octanol–water partition coefficient (Wildman–Crippen LogP) is 2.43. The number of carbonyl (C=O) groups excluding carboxylic acids is 3. The fourth-order valence-electron chi connectivity index (χ4n) is 3.53. The van der Waals surface area contributed by atoms with Gasteiger partial charge in [0.1, 0.15) is 0 Å². The molecule has 0 aromatic heterocycles. The average molecular weight is 408 g/mol. The molecular weight excluding hydrogens is 378 g/mol. The van der Waals surface area contributed by atoms with E-state index in [4.69, 9.17) is 0 Å². The van der Waals surface area contributed by atoms with Gasteiger partial charge in [-0.15, -0.1) is 0 Å². The van der Waals surface area contributed by atoms with Crippen LogP contribution in [0.4, 0.5) is 0 Å². The second-order valence-corrected chi connectivity index (χ2v) is 8.01. The first kappa shape index (κ1) is 21.6. The standard InChI is InChI=1S/C24H29N3O3/c1-17-8-10-20(11-9-17)16-27-13-12-26(23(29)24(27)30)15-19(3)22(28)25-14-21-7-5-4-6-18(21)2/h4-11,19H,12-16H2,1-3H3,(H,25,28)/t19-/m1/s1. The highest BCUT2D eigenvalue weighted by Crippen LogP contribution is 2.14. The summed E-state index contributed by atoms with van der Waals surface area (Å²) in [5, 5.41) is 2.93. The summed E-state index contributed by atoms with van der Waals surface area (Å²) in [7, 11) is 0. The Morgan fingerprint density at radius 2 is 1.60 bits per heavy atom. The molecule has 0 saturated carbocycles. The molecule has 0 unspecified atom stereocenters. The van der Waals surface area contributed by atoms with Crippen LogP contribution in [-0.2, 0) is 27.5 Å². The van der Waals surface area contributed by atoms with Crippen molar-refractivity contribution in [1.82, 2.24) is 15.1 Å². The first-order valence-electron chi connectivity index (χ1n) is 10.3. The Balaban J connectivity index is 1.51. The zero-order valence-electron chi connectivity index (χ0n) is 17.9. The summed E-state index contributed by atoms with van der Waals surface area (Å²) in [5.41, 5.74) is 4.34. The topological polar surface area (TPSA) is 69.7 Å². The van der Waals surface area contributed by atoms with E-state index in [-0.39, 0.29) is 12.5 Å². The number of amides is 3. The fraction of sp³-hybridized carbons (Fsp3) is 0.375. The van der Waals surface area contributed by atoms with Crippen molar-refractivity contribution < 1.29 is 14.4 Å². The van der Waals surface area contributed by atoms with E-state index in [0.717, 1.165) is 22.3 Å². The maximum Gasteiger partial charge on any atom is 0.312 e. The molecule has 1 heterocycles. The van der Waals surface area contributed by atoms with Gasteiger partial charge in [-0.1, -0.05) is 61.0 Å². The van der Waals surface area contributed by atoms with Gasteiger partial charge in [-0.3, -0.25) is 14.4 Å². The number of hydrogen-bond donors (Lipinski definition) is 1. The normalized spacial score (nSPS) is 15.3. The van der Waals surface area contributed by atoms with Gasteiger partial charge in [-0.25, -0.2) is 0 Å². The van der Waals surface area contributed by atoms with Gasteiger partial charge in [0.05, 0.1) is 5.92 Å². The van der Waals surface area contributed by atoms with E-state index in [1.54, 1.807) is 11.8 Å². The molecule has 0 spiro atoms. The molecule has 2 aromatic rings. The molecule has 1 atom stereocenters. The molecule has 1 aliphatic heterocycles. The van der Waals surface area contributed by atoms with Crippen LogP contribution in [0.2, 0.25) is 0 Å². The van der Waals surface area contributed by atoms with Crippen LogP contribution in [-0.4, -0.2) is 47.2 Å². The Hall–Kier alpha value is -3.15. The summed E-state index contributed by atoms with van der Waals surface area (Å²) < 4.78 is 0. The summed E-state index contributed by atoms with van der Waals surface area (Å²) in [6.45, 7) is 7.81. The van der Waals surface area contributed by atoms with Gasteiger partial charge in [-0.05, 0) is 30.5 Å². The van der Waals surface area contributed by atoms with E-state index in [1.807, 2.05) is 62.4 Å². The highest BCUT2D eigenvalue weighted by Gasteiger charge is 2.33. The molecule has 1 N–H and O–H groups in total. The lowest BCUT2D eigenvalue weighted by molar-refractivity contribution is -0.157. The Morgan fingerprint density at radius 3 is 2.30 bits per heavy atom. The predicted molar refractivity (Wildman–Crippen MR) is 115 cm³/mol. The first-order chi connectivity index (χ1) is 14.3. The quantitative estimate of drug-likeness (QED) is 0.717. The Labute approximate surface area is 177 Å². The summed E-state index contributed by atoms with van der Waals surface area (Å²) in [6, 6.07) is 15.8. The molecule has 158 valence electrons. The van der Waals surface area contributed by atoms with Crippen molar-refractivity contribution in [3.8, 4) is 0 Å². The molecule has 6 nitrogen and oxygen atoms in total. The summed E-state index contributed by atoms with van der Waals surface area (Å²) in [6.07, 6.45) is 0. The smallest absolute Gasteiger partial charge is 0.312 e. The Morgan fingerprint density at radius 1 is 0.967 bits per heavy atom. The van der Waals surface area contributed by atoms with Gasteiger partial charge in [0.25, 0.3) is 0 Å². The van der Waals surface area contributed by atoms with E-state index in [9.17, 15) is 14.4 Å². The molecular formula is C24H29N3O3. The number of nitrogens with one attached hydrogen (secondary N) is 1. The van der Waals surface area contributed by atoms with Crippen LogP contribution in [0.3, 0.4) is 0 Å². The van der Waals surface area contributed by atoms with Crippen molar-refractivity contribution in [2.75, 3.05) is 19.6 Å². The number of carbonyl (C=O) groups is 3. The minimum absolute atomic E-state index is 0.124. The fourth-order valence-corrected chi connectivity index (χ4v) is 3.53. The van der Waals surface area contributed by atoms with Gasteiger partial charge < -0.3 is 15.1 Å². The minimum Gasteiger partial charge on any atom is -0.352 e. The molecule has 1 aliphatic rings. The van der Waals surface area contributed by atoms with Crippen molar-refractivity contribution in [1.29, 1.82) is 0 Å². The first-order valence-corrected chi connectivity index (χ1v) is 10.3. The summed E-state index contributed by atoms with van der Waals surface area (Å²) in [5.74, 6) is -1.56. The molecule has 6 heteroatoms. The largest absolute Gasteiger partial charge is 0.352 e. The molecule has 1 fully saturated rings. The van der Waals surface area contributed by atoms with Gasteiger partial charge in [0.15, 0.2) is 0 Å². The van der Waals surface area contributed by atoms with Crippen LogP contribution in [0.1, 0.15) is 29.2 Å². The molecule has 0 radical (unpaired) electrons. The number of hydrogen-bond acceptors (Lipinski definition) is 3. The van der Waals surface area contributed by atoms with E-state index in [0.29, 0.717) is 26.2 Å². The molecule has 2 aromatic carbocycles. The highest BCUT2D eigenvalue weighted by molar-refractivity contribution is 6.35. The number of rotatable bonds is 7. The Kier molecular flexibility index (Phi) is 6.87. The number of nitrogens with zero attached hydrogens (tertiary/aromatic N) is 2. The van der Waals surface area contributed by atoms with E-state index >= 15 is 0 Å². The lowest BCUT2D eigenvalue weighted by Crippen LogP contribution is -2.55.